The van der Waals surface area contributed by atoms with Crippen molar-refractivity contribution in [3.8, 4) is 0 Å². The van der Waals surface area contributed by atoms with Gasteiger partial charge in [-0.15, -0.1) is 0 Å². The number of fused-ring (bicyclic) bond motifs is 1. The molecule has 1 fully saturated rings. The zero-order valence-electron chi connectivity index (χ0n) is 14.5. The summed E-state index contributed by atoms with van der Waals surface area (Å²) in [6.07, 6.45) is 0. The number of carbonyl (C=O) groups is 1. The minimum absolute atomic E-state index is 0.0143. The Morgan fingerprint density at radius 1 is 1.00 bits per heavy atom. The van der Waals surface area contributed by atoms with Crippen LogP contribution in [0.1, 0.15) is 17.0 Å². The number of carbonyl (C=O) groups excluding carboxylic acids is 1. The second-order valence-corrected chi connectivity index (χ2v) is 6.72. The number of nitrogens with zero attached hydrogens (tertiary/aromatic N) is 2. The van der Waals surface area contributed by atoms with Crippen LogP contribution in [0.15, 0.2) is 78.0 Å². The molecule has 0 unspecified atom stereocenters. The molecule has 4 nitrogen and oxygen atoms in total. The van der Waals surface area contributed by atoms with Crippen molar-refractivity contribution >= 4 is 22.4 Å². The Labute approximate surface area is 152 Å². The average Bonchev–Trinajstić information content (AvgIpc) is 2.98. The number of benzene rings is 3. The third kappa shape index (κ3) is 2.64. The van der Waals surface area contributed by atoms with Crippen molar-refractivity contribution in [2.45, 2.75) is 5.92 Å². The minimum Gasteiger partial charge on any atom is -0.411 e. The van der Waals surface area contributed by atoms with Crippen LogP contribution in [0.3, 0.4) is 0 Å². The predicted molar refractivity (Wildman–Crippen MR) is 103 cm³/mol. The van der Waals surface area contributed by atoms with Crippen LogP contribution in [0.5, 0.6) is 0 Å². The molecule has 1 aliphatic rings. The van der Waals surface area contributed by atoms with E-state index in [1.807, 2.05) is 48.5 Å². The summed E-state index contributed by atoms with van der Waals surface area (Å²) in [5.74, 6) is -0.581. The number of rotatable bonds is 3. The fourth-order valence-corrected chi connectivity index (χ4v) is 3.97. The van der Waals surface area contributed by atoms with Gasteiger partial charge in [-0.2, -0.15) is 0 Å². The standard InChI is InChI=1S/C22H20N2O2/c1-24-14-19(18-13-7-11-15-8-5-6-12-17(15)18)20(22(24)25)21(23-26)16-9-3-2-4-10-16/h2-13,19-20,26H,14H2,1H3/b23-21+/t19-,20+/m0/s1. The Hall–Kier alpha value is -3.14. The lowest BCUT2D eigenvalue weighted by atomic mass is 9.81. The lowest BCUT2D eigenvalue weighted by Crippen LogP contribution is -2.29. The molecular weight excluding hydrogens is 324 g/mol. The van der Waals surface area contributed by atoms with Crippen LogP contribution < -0.4 is 0 Å². The van der Waals surface area contributed by atoms with E-state index < -0.39 is 5.92 Å². The molecule has 3 aromatic rings. The monoisotopic (exact) mass is 344 g/mol. The number of likely N-dealkylation sites (tertiary alicyclic amines) is 1. The Balaban J connectivity index is 1.85. The average molecular weight is 344 g/mol. The zero-order valence-corrected chi connectivity index (χ0v) is 14.5. The minimum atomic E-state index is -0.502. The molecule has 3 aromatic carbocycles. The molecule has 0 radical (unpaired) electrons. The van der Waals surface area contributed by atoms with Crippen molar-refractivity contribution in [1.82, 2.24) is 4.90 Å². The molecule has 2 atom stereocenters. The first-order valence-electron chi connectivity index (χ1n) is 8.70. The third-order valence-electron chi connectivity index (χ3n) is 5.21. The Kier molecular flexibility index (Phi) is 4.17. The largest absolute Gasteiger partial charge is 0.411 e. The first-order chi connectivity index (χ1) is 12.7. The molecule has 1 aliphatic heterocycles. The predicted octanol–water partition coefficient (Wildman–Crippen LogP) is 3.89. The van der Waals surface area contributed by atoms with Gasteiger partial charge in [0, 0.05) is 25.1 Å². The fraction of sp³-hybridized carbons (Fsp3) is 0.182. The van der Waals surface area contributed by atoms with Gasteiger partial charge in [0.1, 0.15) is 0 Å². The van der Waals surface area contributed by atoms with Crippen LogP contribution in [-0.2, 0) is 4.79 Å². The van der Waals surface area contributed by atoms with Crippen LogP contribution in [0.2, 0.25) is 0 Å². The molecular formula is C22H20N2O2. The van der Waals surface area contributed by atoms with Gasteiger partial charge in [0.2, 0.25) is 5.91 Å². The summed E-state index contributed by atoms with van der Waals surface area (Å²) in [6, 6.07) is 23.8. The highest BCUT2D eigenvalue weighted by Crippen LogP contribution is 2.38. The molecule has 26 heavy (non-hydrogen) atoms. The highest BCUT2D eigenvalue weighted by molar-refractivity contribution is 6.14. The molecule has 0 aromatic heterocycles. The van der Waals surface area contributed by atoms with E-state index in [9.17, 15) is 10.0 Å². The van der Waals surface area contributed by atoms with Crippen LogP contribution >= 0.6 is 0 Å². The summed E-state index contributed by atoms with van der Waals surface area (Å²) in [7, 11) is 1.81. The van der Waals surface area contributed by atoms with Gasteiger partial charge in [-0.05, 0) is 16.3 Å². The molecule has 1 heterocycles. The lowest BCUT2D eigenvalue weighted by Gasteiger charge is -2.20. The smallest absolute Gasteiger partial charge is 0.232 e. The van der Waals surface area contributed by atoms with E-state index in [0.29, 0.717) is 12.3 Å². The molecule has 1 saturated heterocycles. The van der Waals surface area contributed by atoms with E-state index in [1.54, 1.807) is 11.9 Å². The normalized spacial score (nSPS) is 20.7. The van der Waals surface area contributed by atoms with Gasteiger partial charge in [0.05, 0.1) is 11.6 Å². The maximum atomic E-state index is 12.9. The van der Waals surface area contributed by atoms with Crippen LogP contribution in [0.25, 0.3) is 10.8 Å². The maximum Gasteiger partial charge on any atom is 0.232 e. The molecule has 0 spiro atoms. The van der Waals surface area contributed by atoms with Gasteiger partial charge in [0.25, 0.3) is 0 Å². The van der Waals surface area contributed by atoms with Gasteiger partial charge in [-0.3, -0.25) is 4.79 Å². The van der Waals surface area contributed by atoms with E-state index in [2.05, 4.69) is 29.4 Å². The first-order valence-corrected chi connectivity index (χ1v) is 8.70. The molecule has 0 saturated carbocycles. The number of hydrogen-bond acceptors (Lipinski definition) is 3. The molecule has 130 valence electrons. The van der Waals surface area contributed by atoms with Crippen LogP contribution in [-0.4, -0.2) is 35.3 Å². The molecule has 0 aliphatic carbocycles. The molecule has 0 bridgehead atoms. The summed E-state index contributed by atoms with van der Waals surface area (Å²) in [4.78, 5) is 14.7. The summed E-state index contributed by atoms with van der Waals surface area (Å²) >= 11 is 0. The zero-order chi connectivity index (χ0) is 18.1. The van der Waals surface area contributed by atoms with Gasteiger partial charge >= 0.3 is 0 Å². The van der Waals surface area contributed by atoms with Crippen molar-refractivity contribution < 1.29 is 10.0 Å². The van der Waals surface area contributed by atoms with Crippen LogP contribution in [0.4, 0.5) is 0 Å². The summed E-state index contributed by atoms with van der Waals surface area (Å²) < 4.78 is 0. The van der Waals surface area contributed by atoms with E-state index >= 15 is 0 Å². The third-order valence-corrected chi connectivity index (χ3v) is 5.21. The number of oxime groups is 1. The Bertz CT molecular complexity index is 976. The SMILES string of the molecule is CN1C[C@@H](c2cccc3ccccc23)[C@H](/C(=N/O)c2ccccc2)C1=O. The van der Waals surface area contributed by atoms with Gasteiger partial charge < -0.3 is 10.1 Å². The number of amides is 1. The number of hydrogen-bond donors (Lipinski definition) is 1. The van der Waals surface area contributed by atoms with E-state index in [-0.39, 0.29) is 11.8 Å². The Morgan fingerprint density at radius 3 is 2.46 bits per heavy atom. The lowest BCUT2D eigenvalue weighted by molar-refractivity contribution is -0.128. The molecule has 4 rings (SSSR count). The van der Waals surface area contributed by atoms with Crippen molar-refractivity contribution in [3.63, 3.8) is 0 Å². The van der Waals surface area contributed by atoms with Gasteiger partial charge in [-0.1, -0.05) is 78.0 Å². The quantitative estimate of drug-likeness (QED) is 0.445. The highest BCUT2D eigenvalue weighted by atomic mass is 16.4. The van der Waals surface area contributed by atoms with Crippen LogP contribution in [0, 0.1) is 5.92 Å². The van der Waals surface area contributed by atoms with Crippen molar-refractivity contribution in [1.29, 1.82) is 0 Å². The van der Waals surface area contributed by atoms with E-state index in [1.165, 1.54) is 0 Å². The van der Waals surface area contributed by atoms with E-state index in [4.69, 9.17) is 0 Å². The van der Waals surface area contributed by atoms with Crippen molar-refractivity contribution in [3.05, 3.63) is 83.9 Å². The van der Waals surface area contributed by atoms with Gasteiger partial charge in [0.15, 0.2) is 0 Å². The first kappa shape index (κ1) is 16.3. The summed E-state index contributed by atoms with van der Waals surface area (Å²) in [6.45, 7) is 0.601. The maximum absolute atomic E-state index is 12.9. The summed E-state index contributed by atoms with van der Waals surface area (Å²) in [5.41, 5.74) is 2.31. The van der Waals surface area contributed by atoms with Crippen molar-refractivity contribution in [2.75, 3.05) is 13.6 Å². The topological polar surface area (TPSA) is 52.9 Å². The fourth-order valence-electron chi connectivity index (χ4n) is 3.97. The van der Waals surface area contributed by atoms with Crippen molar-refractivity contribution in [2.24, 2.45) is 11.1 Å². The molecule has 1 N–H and O–H groups in total. The second kappa shape index (κ2) is 6.64. The molecule has 4 heteroatoms. The second-order valence-electron chi connectivity index (χ2n) is 6.72. The summed E-state index contributed by atoms with van der Waals surface area (Å²) in [5, 5.41) is 15.6. The molecule has 1 amide bonds. The Morgan fingerprint density at radius 2 is 1.69 bits per heavy atom. The van der Waals surface area contributed by atoms with E-state index in [0.717, 1.165) is 21.9 Å². The number of likely N-dealkylation sites (N-methyl/N-ethyl adjacent to an activating group) is 1. The van der Waals surface area contributed by atoms with Gasteiger partial charge in [-0.25, -0.2) is 0 Å². The highest BCUT2D eigenvalue weighted by Gasteiger charge is 2.43.